The summed E-state index contributed by atoms with van der Waals surface area (Å²) in [6, 6.07) is 8.78. The van der Waals surface area contributed by atoms with E-state index in [-0.39, 0.29) is 12.5 Å². The number of carbonyl (C=O) groups excluding carboxylic acids is 1. The van der Waals surface area contributed by atoms with E-state index in [0.29, 0.717) is 6.42 Å². The number of nitrogens with zero attached hydrogens (tertiary/aromatic N) is 2. The second kappa shape index (κ2) is 5.49. The molecule has 0 fully saturated rings. The molecule has 2 aromatic rings. The van der Waals surface area contributed by atoms with E-state index < -0.39 is 17.8 Å². The lowest BCUT2D eigenvalue weighted by molar-refractivity contribution is -0.123. The molecule has 6 nitrogen and oxygen atoms in total. The van der Waals surface area contributed by atoms with Gasteiger partial charge >= 0.3 is 5.69 Å². The number of hydrogen-bond donors (Lipinski definition) is 2. The Morgan fingerprint density at radius 1 is 1.38 bits per heavy atom. The summed E-state index contributed by atoms with van der Waals surface area (Å²) in [6.07, 6.45) is 2.77. The van der Waals surface area contributed by atoms with Crippen molar-refractivity contribution in [3.63, 3.8) is 0 Å². The molecule has 0 aliphatic heterocycles. The van der Waals surface area contributed by atoms with Gasteiger partial charge in [-0.3, -0.25) is 9.36 Å². The fourth-order valence-corrected chi connectivity index (χ4v) is 2.63. The first-order valence-corrected chi connectivity index (χ1v) is 6.72. The lowest BCUT2D eigenvalue weighted by Crippen LogP contribution is -2.38. The predicted molar refractivity (Wildman–Crippen MR) is 75.5 cm³/mol. The molecule has 108 valence electrons. The number of nitrogens with one attached hydrogen (secondary N) is 1. The van der Waals surface area contributed by atoms with E-state index in [4.69, 9.17) is 0 Å². The van der Waals surface area contributed by atoms with Gasteiger partial charge in [0.05, 0.1) is 12.1 Å². The maximum Gasteiger partial charge on any atom is 0.347 e. The van der Waals surface area contributed by atoms with Crippen molar-refractivity contribution in [1.29, 1.82) is 0 Å². The number of benzene rings is 1. The maximum atomic E-state index is 12.1. The van der Waals surface area contributed by atoms with Crippen LogP contribution in [-0.2, 0) is 17.8 Å². The summed E-state index contributed by atoms with van der Waals surface area (Å²) in [5.74, 6) is -0.328. The summed E-state index contributed by atoms with van der Waals surface area (Å²) in [5, 5.41) is 12.9. The van der Waals surface area contributed by atoms with Gasteiger partial charge in [0.1, 0.15) is 6.54 Å². The average Bonchev–Trinajstić information content (AvgIpc) is 2.78. The van der Waals surface area contributed by atoms with Gasteiger partial charge in [0.2, 0.25) is 5.91 Å². The van der Waals surface area contributed by atoms with E-state index >= 15 is 0 Å². The minimum atomic E-state index is -0.642. The summed E-state index contributed by atoms with van der Waals surface area (Å²) in [5.41, 5.74) is 1.49. The molecule has 1 aliphatic carbocycles. The highest BCUT2D eigenvalue weighted by Gasteiger charge is 2.31. The normalized spacial score (nSPS) is 20.0. The molecule has 0 saturated heterocycles. The zero-order chi connectivity index (χ0) is 14.8. The summed E-state index contributed by atoms with van der Waals surface area (Å²) < 4.78 is 1.22. The number of aliphatic hydroxyl groups is 1. The Bertz CT molecular complexity index is 726. The van der Waals surface area contributed by atoms with Crippen molar-refractivity contribution in [2.45, 2.75) is 25.1 Å². The van der Waals surface area contributed by atoms with Crippen molar-refractivity contribution in [2.75, 3.05) is 0 Å². The Morgan fingerprint density at radius 3 is 3.00 bits per heavy atom. The zero-order valence-electron chi connectivity index (χ0n) is 11.3. The average molecular weight is 285 g/mol. The van der Waals surface area contributed by atoms with Crippen LogP contribution >= 0.6 is 0 Å². The lowest BCUT2D eigenvalue weighted by atomic mass is 10.1. The van der Waals surface area contributed by atoms with E-state index in [2.05, 4.69) is 10.3 Å². The molecule has 2 N–H and O–H groups in total. The summed E-state index contributed by atoms with van der Waals surface area (Å²) in [7, 11) is 0. The topological polar surface area (TPSA) is 84.2 Å². The van der Waals surface area contributed by atoms with Crippen molar-refractivity contribution >= 4 is 5.91 Å². The molecule has 0 spiro atoms. The maximum absolute atomic E-state index is 12.1. The van der Waals surface area contributed by atoms with Crippen LogP contribution in [0.15, 0.2) is 47.5 Å². The van der Waals surface area contributed by atoms with Crippen LogP contribution in [-0.4, -0.2) is 26.7 Å². The largest absolute Gasteiger partial charge is 0.390 e. The number of amides is 1. The Balaban J connectivity index is 1.74. The van der Waals surface area contributed by atoms with E-state index in [0.717, 1.165) is 11.1 Å². The highest BCUT2D eigenvalue weighted by atomic mass is 16.3. The first-order chi connectivity index (χ1) is 10.1. The quantitative estimate of drug-likeness (QED) is 0.832. The van der Waals surface area contributed by atoms with Gasteiger partial charge in [-0.2, -0.15) is 0 Å². The van der Waals surface area contributed by atoms with Crippen molar-refractivity contribution in [3.05, 3.63) is 64.3 Å². The van der Waals surface area contributed by atoms with Crippen LogP contribution in [0.4, 0.5) is 0 Å². The molecule has 0 bridgehead atoms. The van der Waals surface area contributed by atoms with Gasteiger partial charge in [-0.25, -0.2) is 9.78 Å². The molecule has 6 heteroatoms. The zero-order valence-corrected chi connectivity index (χ0v) is 11.3. The van der Waals surface area contributed by atoms with Crippen LogP contribution in [0, 0.1) is 0 Å². The molecule has 3 rings (SSSR count). The Hall–Kier alpha value is -2.47. The monoisotopic (exact) mass is 285 g/mol. The van der Waals surface area contributed by atoms with Gasteiger partial charge in [0.25, 0.3) is 0 Å². The number of aromatic nitrogens is 2. The van der Waals surface area contributed by atoms with E-state index in [9.17, 15) is 14.7 Å². The fraction of sp³-hybridized carbons (Fsp3) is 0.267. The molecule has 21 heavy (non-hydrogen) atoms. The van der Waals surface area contributed by atoms with Gasteiger partial charge in [0, 0.05) is 18.8 Å². The molecule has 1 aliphatic rings. The Kier molecular flexibility index (Phi) is 3.53. The van der Waals surface area contributed by atoms with Crippen LogP contribution in [0.5, 0.6) is 0 Å². The van der Waals surface area contributed by atoms with Crippen LogP contribution in [0.2, 0.25) is 0 Å². The van der Waals surface area contributed by atoms with E-state index in [1.807, 2.05) is 24.3 Å². The first kappa shape index (κ1) is 13.5. The third kappa shape index (κ3) is 2.71. The number of fused-ring (bicyclic) bond motifs is 1. The number of carbonyl (C=O) groups is 1. The molecule has 1 amide bonds. The van der Waals surface area contributed by atoms with E-state index in [1.54, 1.807) is 6.07 Å². The molecule has 1 aromatic heterocycles. The fourth-order valence-electron chi connectivity index (χ4n) is 2.63. The van der Waals surface area contributed by atoms with Gasteiger partial charge in [-0.05, 0) is 17.2 Å². The van der Waals surface area contributed by atoms with Gasteiger partial charge < -0.3 is 10.4 Å². The van der Waals surface area contributed by atoms with Crippen molar-refractivity contribution in [3.8, 4) is 0 Å². The number of aliphatic hydroxyl groups excluding tert-OH is 1. The first-order valence-electron chi connectivity index (χ1n) is 6.72. The van der Waals surface area contributed by atoms with Crippen molar-refractivity contribution in [2.24, 2.45) is 0 Å². The van der Waals surface area contributed by atoms with Gasteiger partial charge in [0.15, 0.2) is 0 Å². The summed E-state index contributed by atoms with van der Waals surface area (Å²) >= 11 is 0. The van der Waals surface area contributed by atoms with E-state index in [1.165, 1.54) is 17.0 Å². The molecular formula is C15H15N3O3. The molecule has 0 saturated carbocycles. The minimum Gasteiger partial charge on any atom is -0.390 e. The standard InChI is InChI=1S/C15H15N3O3/c19-12-8-10-4-1-2-5-11(10)14(12)17-13(20)9-18-7-3-6-16-15(18)21/h1-7,12,14,19H,8-9H2,(H,17,20). The second-order valence-electron chi connectivity index (χ2n) is 5.05. The van der Waals surface area contributed by atoms with Gasteiger partial charge in [-0.1, -0.05) is 24.3 Å². The number of hydrogen-bond acceptors (Lipinski definition) is 4. The Labute approximate surface area is 121 Å². The highest BCUT2D eigenvalue weighted by molar-refractivity contribution is 5.76. The lowest BCUT2D eigenvalue weighted by Gasteiger charge is -2.18. The smallest absolute Gasteiger partial charge is 0.347 e. The molecule has 1 heterocycles. The van der Waals surface area contributed by atoms with Crippen LogP contribution < -0.4 is 11.0 Å². The summed E-state index contributed by atoms with van der Waals surface area (Å²) in [6.45, 7) is -0.113. The molecule has 0 radical (unpaired) electrons. The summed E-state index contributed by atoms with van der Waals surface area (Å²) in [4.78, 5) is 27.1. The molecule has 2 atom stereocenters. The van der Waals surface area contributed by atoms with Crippen LogP contribution in [0.25, 0.3) is 0 Å². The minimum absolute atomic E-state index is 0.113. The molecular weight excluding hydrogens is 270 g/mol. The van der Waals surface area contributed by atoms with Crippen molar-refractivity contribution < 1.29 is 9.90 Å². The Morgan fingerprint density at radius 2 is 2.19 bits per heavy atom. The SMILES string of the molecule is O=C(Cn1cccnc1=O)NC1c2ccccc2CC1O. The van der Waals surface area contributed by atoms with Crippen LogP contribution in [0.1, 0.15) is 17.2 Å². The third-order valence-electron chi connectivity index (χ3n) is 3.62. The van der Waals surface area contributed by atoms with Crippen molar-refractivity contribution in [1.82, 2.24) is 14.9 Å². The third-order valence-corrected chi connectivity index (χ3v) is 3.62. The second-order valence-corrected chi connectivity index (χ2v) is 5.05. The highest BCUT2D eigenvalue weighted by Crippen LogP contribution is 2.31. The number of rotatable bonds is 3. The van der Waals surface area contributed by atoms with Crippen LogP contribution in [0.3, 0.4) is 0 Å². The molecule has 2 unspecified atom stereocenters. The van der Waals surface area contributed by atoms with Gasteiger partial charge in [-0.15, -0.1) is 0 Å². The molecule has 1 aromatic carbocycles. The predicted octanol–water partition coefficient (Wildman–Crippen LogP) is 0.0178.